The molecule has 2 aromatic carbocycles. The van der Waals surface area contributed by atoms with Crippen molar-refractivity contribution >= 4 is 29.4 Å². The number of ketones is 2. The third-order valence-corrected chi connectivity index (χ3v) is 6.86. The summed E-state index contributed by atoms with van der Waals surface area (Å²) in [6.45, 7) is 8.10. The SMILES string of the molecule is CC(=O)CCC(NC(=O)CCC(CC(=O)OCC1c2ccccc2-c2ccccc21)C(=O)OC(C)(C)C)C(C)=O. The largest absolute Gasteiger partial charge is 0.465 e. The van der Waals surface area contributed by atoms with Gasteiger partial charge in [-0.2, -0.15) is 0 Å². The number of hydrogen-bond donors (Lipinski definition) is 1. The minimum Gasteiger partial charge on any atom is -0.465 e. The van der Waals surface area contributed by atoms with E-state index in [0.717, 1.165) is 22.3 Å². The van der Waals surface area contributed by atoms with Crippen molar-refractivity contribution in [1.29, 1.82) is 0 Å². The minimum absolute atomic E-state index is 0.0439. The molecule has 0 aliphatic heterocycles. The van der Waals surface area contributed by atoms with Gasteiger partial charge in [0, 0.05) is 18.8 Å². The first kappa shape index (κ1) is 30.7. The maximum absolute atomic E-state index is 13.0. The molecule has 8 heteroatoms. The van der Waals surface area contributed by atoms with Crippen LogP contribution >= 0.6 is 0 Å². The summed E-state index contributed by atoms with van der Waals surface area (Å²) in [5.41, 5.74) is 3.63. The molecule has 3 rings (SSSR count). The van der Waals surface area contributed by atoms with Crippen LogP contribution in [-0.2, 0) is 33.4 Å². The number of nitrogens with one attached hydrogen (secondary N) is 1. The smallest absolute Gasteiger partial charge is 0.310 e. The maximum Gasteiger partial charge on any atom is 0.310 e. The Morgan fingerprint density at radius 1 is 0.850 bits per heavy atom. The standard InChI is InChI=1S/C32H39NO7/c1-20(34)14-16-28(21(2)35)33-29(36)17-15-22(31(38)40-32(3,4)5)18-30(37)39-19-27-25-12-8-6-10-23(25)24-11-7-9-13-26(24)27/h6-13,22,27-28H,14-19H2,1-5H3,(H,33,36). The van der Waals surface area contributed by atoms with Gasteiger partial charge >= 0.3 is 11.9 Å². The molecule has 214 valence electrons. The predicted octanol–water partition coefficient (Wildman–Crippen LogP) is 4.91. The minimum atomic E-state index is -0.895. The Morgan fingerprint density at radius 2 is 1.43 bits per heavy atom. The Kier molecular flexibility index (Phi) is 10.4. The van der Waals surface area contributed by atoms with Crippen LogP contribution in [0.1, 0.15) is 83.8 Å². The van der Waals surface area contributed by atoms with Gasteiger partial charge in [-0.25, -0.2) is 0 Å². The summed E-state index contributed by atoms with van der Waals surface area (Å²) in [5.74, 6) is -2.92. The molecule has 0 spiro atoms. The molecule has 1 aliphatic carbocycles. The van der Waals surface area contributed by atoms with Gasteiger partial charge in [-0.05, 0) is 69.7 Å². The molecule has 0 saturated carbocycles. The highest BCUT2D eigenvalue weighted by Gasteiger charge is 2.32. The van der Waals surface area contributed by atoms with Crippen molar-refractivity contribution in [2.24, 2.45) is 5.92 Å². The number of amides is 1. The van der Waals surface area contributed by atoms with Gasteiger partial charge < -0.3 is 19.6 Å². The lowest BCUT2D eigenvalue weighted by Gasteiger charge is -2.24. The van der Waals surface area contributed by atoms with E-state index in [4.69, 9.17) is 9.47 Å². The van der Waals surface area contributed by atoms with Gasteiger partial charge in [0.1, 0.15) is 18.0 Å². The van der Waals surface area contributed by atoms with Gasteiger partial charge in [0.2, 0.25) is 5.91 Å². The van der Waals surface area contributed by atoms with Crippen LogP contribution in [0.15, 0.2) is 48.5 Å². The topological polar surface area (TPSA) is 116 Å². The molecule has 0 fully saturated rings. The fourth-order valence-electron chi connectivity index (χ4n) is 4.86. The summed E-state index contributed by atoms with van der Waals surface area (Å²) < 4.78 is 11.2. The number of hydrogen-bond acceptors (Lipinski definition) is 7. The average Bonchev–Trinajstić information content (AvgIpc) is 3.20. The normalized spacial score (nSPS) is 13.9. The summed E-state index contributed by atoms with van der Waals surface area (Å²) in [6, 6.07) is 15.3. The molecule has 0 saturated heterocycles. The average molecular weight is 550 g/mol. The number of benzene rings is 2. The van der Waals surface area contributed by atoms with Crippen LogP contribution in [0.25, 0.3) is 11.1 Å². The number of Topliss-reactive ketones (excluding diaryl/α,β-unsaturated/α-hetero) is 2. The van der Waals surface area contributed by atoms with E-state index >= 15 is 0 Å². The first-order chi connectivity index (χ1) is 18.9. The summed E-state index contributed by atoms with van der Waals surface area (Å²) in [4.78, 5) is 61.7. The number of esters is 2. The van der Waals surface area contributed by atoms with Crippen LogP contribution in [-0.4, -0.2) is 47.7 Å². The van der Waals surface area contributed by atoms with Gasteiger partial charge in [0.15, 0.2) is 5.78 Å². The van der Waals surface area contributed by atoms with Crippen LogP contribution in [0, 0.1) is 5.92 Å². The van der Waals surface area contributed by atoms with Crippen LogP contribution < -0.4 is 5.32 Å². The fraction of sp³-hybridized carbons (Fsp3) is 0.469. The third kappa shape index (κ3) is 8.60. The Morgan fingerprint density at radius 3 is 1.95 bits per heavy atom. The number of carbonyl (C=O) groups excluding carboxylic acids is 5. The second-order valence-corrected chi connectivity index (χ2v) is 11.4. The van der Waals surface area contributed by atoms with E-state index in [0.29, 0.717) is 0 Å². The molecule has 1 aliphatic rings. The molecule has 0 heterocycles. The first-order valence-electron chi connectivity index (χ1n) is 13.7. The number of rotatable bonds is 13. The highest BCUT2D eigenvalue weighted by Crippen LogP contribution is 2.44. The zero-order valence-corrected chi connectivity index (χ0v) is 24.0. The van der Waals surface area contributed by atoms with Gasteiger partial charge in [-0.1, -0.05) is 48.5 Å². The van der Waals surface area contributed by atoms with E-state index in [1.165, 1.54) is 13.8 Å². The van der Waals surface area contributed by atoms with Crippen molar-refractivity contribution in [3.05, 3.63) is 59.7 Å². The van der Waals surface area contributed by atoms with Gasteiger partial charge in [-0.3, -0.25) is 19.2 Å². The molecular formula is C32H39NO7. The van der Waals surface area contributed by atoms with E-state index in [-0.39, 0.29) is 56.2 Å². The summed E-state index contributed by atoms with van der Waals surface area (Å²) in [5, 5.41) is 2.64. The third-order valence-electron chi connectivity index (χ3n) is 6.86. The van der Waals surface area contributed by atoms with Crippen molar-refractivity contribution in [3.63, 3.8) is 0 Å². The van der Waals surface area contributed by atoms with E-state index in [1.54, 1.807) is 20.8 Å². The molecule has 0 aromatic heterocycles. The summed E-state index contributed by atoms with van der Waals surface area (Å²) >= 11 is 0. The van der Waals surface area contributed by atoms with E-state index in [1.807, 2.05) is 36.4 Å². The van der Waals surface area contributed by atoms with E-state index < -0.39 is 35.4 Å². The van der Waals surface area contributed by atoms with Crippen LogP contribution in [0.2, 0.25) is 0 Å². The van der Waals surface area contributed by atoms with E-state index in [2.05, 4.69) is 17.4 Å². The van der Waals surface area contributed by atoms with Crippen LogP contribution in [0.5, 0.6) is 0 Å². The second-order valence-electron chi connectivity index (χ2n) is 11.4. The molecule has 1 N–H and O–H groups in total. The zero-order chi connectivity index (χ0) is 29.4. The molecule has 8 nitrogen and oxygen atoms in total. The molecular weight excluding hydrogens is 510 g/mol. The summed E-state index contributed by atoms with van der Waals surface area (Å²) in [6.07, 6.45) is 0.101. The first-order valence-corrected chi connectivity index (χ1v) is 13.7. The monoisotopic (exact) mass is 549 g/mol. The molecule has 2 unspecified atom stereocenters. The number of carbonyl (C=O) groups is 5. The lowest BCUT2D eigenvalue weighted by molar-refractivity contribution is -0.164. The lowest BCUT2D eigenvalue weighted by Crippen LogP contribution is -2.40. The highest BCUT2D eigenvalue weighted by atomic mass is 16.6. The Hall–Kier alpha value is -3.81. The van der Waals surface area contributed by atoms with Gasteiger partial charge in [0.25, 0.3) is 0 Å². The van der Waals surface area contributed by atoms with Crippen molar-refractivity contribution in [3.8, 4) is 11.1 Å². The second kappa shape index (κ2) is 13.5. The lowest BCUT2D eigenvalue weighted by atomic mass is 9.97. The highest BCUT2D eigenvalue weighted by molar-refractivity contribution is 5.88. The van der Waals surface area contributed by atoms with Crippen molar-refractivity contribution < 1.29 is 33.4 Å². The molecule has 0 bridgehead atoms. The molecule has 1 amide bonds. The van der Waals surface area contributed by atoms with Crippen molar-refractivity contribution in [2.75, 3.05) is 6.61 Å². The number of fused-ring (bicyclic) bond motifs is 3. The molecule has 40 heavy (non-hydrogen) atoms. The van der Waals surface area contributed by atoms with Crippen LogP contribution in [0.4, 0.5) is 0 Å². The Labute approximate surface area is 235 Å². The number of ether oxygens (including phenoxy) is 2. The quantitative estimate of drug-likeness (QED) is 0.353. The van der Waals surface area contributed by atoms with Crippen molar-refractivity contribution in [1.82, 2.24) is 5.32 Å². The fourth-order valence-corrected chi connectivity index (χ4v) is 4.86. The Bertz CT molecular complexity index is 1210. The van der Waals surface area contributed by atoms with Crippen molar-refractivity contribution in [2.45, 2.75) is 84.3 Å². The molecule has 0 radical (unpaired) electrons. The van der Waals surface area contributed by atoms with E-state index in [9.17, 15) is 24.0 Å². The van der Waals surface area contributed by atoms with Gasteiger partial charge in [0.05, 0.1) is 18.4 Å². The molecule has 2 aromatic rings. The maximum atomic E-state index is 13.0. The van der Waals surface area contributed by atoms with Crippen LogP contribution in [0.3, 0.4) is 0 Å². The summed E-state index contributed by atoms with van der Waals surface area (Å²) in [7, 11) is 0. The Balaban J connectivity index is 1.64. The predicted molar refractivity (Wildman–Crippen MR) is 150 cm³/mol. The molecule has 2 atom stereocenters. The zero-order valence-electron chi connectivity index (χ0n) is 24.0. The van der Waals surface area contributed by atoms with Gasteiger partial charge in [-0.15, -0.1) is 0 Å².